The number of hydrogen-bond donors (Lipinski definition) is 0. The van der Waals surface area contributed by atoms with Gasteiger partial charge in [-0.25, -0.2) is 0 Å². The maximum atomic E-state index is 3.11. The third-order valence-corrected chi connectivity index (χ3v) is 2.22. The highest BCUT2D eigenvalue weighted by Gasteiger charge is 1.85. The Morgan fingerprint density at radius 3 is 2.57 bits per heavy atom. The Morgan fingerprint density at radius 2 is 1.64 bits per heavy atom. The summed E-state index contributed by atoms with van der Waals surface area (Å²) in [5.74, 6) is 0. The van der Waals surface area contributed by atoms with E-state index in [-0.39, 0.29) is 0 Å². The second kappa shape index (κ2) is 8.55. The molecule has 0 aromatic heterocycles. The van der Waals surface area contributed by atoms with E-state index in [4.69, 9.17) is 0 Å². The maximum absolute atomic E-state index is 3.11. The van der Waals surface area contributed by atoms with Crippen molar-refractivity contribution in [2.45, 2.75) is 38.5 Å². The Bertz CT molecular complexity index is 228. The second-order valence-corrected chi connectivity index (χ2v) is 3.51. The quantitative estimate of drug-likeness (QED) is 0.494. The highest BCUT2D eigenvalue weighted by atomic mass is 13.9. The number of allylic oxidation sites excluding steroid dienone is 8. The summed E-state index contributed by atoms with van der Waals surface area (Å²) in [5.41, 5.74) is 0. The highest BCUT2D eigenvalue weighted by molar-refractivity contribution is 5.07. The Labute approximate surface area is 87.7 Å². The predicted molar refractivity (Wildman–Crippen MR) is 62.9 cm³/mol. The molecule has 0 saturated heterocycles. The van der Waals surface area contributed by atoms with Crippen LogP contribution < -0.4 is 0 Å². The van der Waals surface area contributed by atoms with Gasteiger partial charge < -0.3 is 0 Å². The van der Waals surface area contributed by atoms with Crippen LogP contribution in [0.3, 0.4) is 0 Å². The lowest BCUT2D eigenvalue weighted by molar-refractivity contribution is 0.695. The van der Waals surface area contributed by atoms with Crippen LogP contribution in [0.15, 0.2) is 42.5 Å². The third-order valence-electron chi connectivity index (χ3n) is 2.22. The summed E-state index contributed by atoms with van der Waals surface area (Å²) in [5, 5.41) is 0. The van der Waals surface area contributed by atoms with Gasteiger partial charge in [0.1, 0.15) is 0 Å². The molecule has 1 aliphatic carbocycles. The van der Waals surface area contributed by atoms with Crippen LogP contribution in [0.5, 0.6) is 0 Å². The summed E-state index contributed by atoms with van der Waals surface area (Å²) in [6.07, 6.45) is 25.5. The molecule has 0 unspecified atom stereocenters. The average molecular weight is 187 g/mol. The van der Waals surface area contributed by atoms with Crippen LogP contribution in [0.25, 0.3) is 0 Å². The van der Waals surface area contributed by atoms with Crippen LogP contribution in [0.1, 0.15) is 38.5 Å². The van der Waals surface area contributed by atoms with E-state index < -0.39 is 0 Å². The minimum Gasteiger partial charge on any atom is -0.0882 e. The van der Waals surface area contributed by atoms with Crippen molar-refractivity contribution < 1.29 is 0 Å². The topological polar surface area (TPSA) is 0 Å². The van der Waals surface area contributed by atoms with Gasteiger partial charge in [-0.1, -0.05) is 49.0 Å². The van der Waals surface area contributed by atoms with Crippen molar-refractivity contribution >= 4 is 0 Å². The fraction of sp³-hybridized carbons (Fsp3) is 0.429. The molecule has 0 spiro atoms. The Morgan fingerprint density at radius 1 is 0.786 bits per heavy atom. The zero-order valence-electron chi connectivity index (χ0n) is 8.78. The predicted octanol–water partition coefficient (Wildman–Crippen LogP) is 4.37. The van der Waals surface area contributed by atoms with Gasteiger partial charge in [-0.3, -0.25) is 0 Å². The van der Waals surface area contributed by atoms with E-state index in [0.717, 1.165) is 6.42 Å². The third kappa shape index (κ3) is 6.47. The average Bonchev–Trinajstić information content (AvgIpc) is 2.22. The zero-order valence-corrected chi connectivity index (χ0v) is 8.78. The molecule has 75 valence electrons. The van der Waals surface area contributed by atoms with Gasteiger partial charge in [-0.15, -0.1) is 0 Å². The standard InChI is InChI=1S/C14H19/c1-2-4-6-8-10-12-14-13-11-9-7-5-3-1/h1-3,7,9,13-14H,4,6,8,10-12H2/b2-1-,5-3?,9-7-,14-13-. The molecular weight excluding hydrogens is 168 g/mol. The molecule has 0 nitrogen and oxygen atoms in total. The molecule has 1 rings (SSSR count). The van der Waals surface area contributed by atoms with Crippen LogP contribution in [0.4, 0.5) is 0 Å². The van der Waals surface area contributed by atoms with E-state index in [1.807, 2.05) is 12.2 Å². The monoisotopic (exact) mass is 187 g/mol. The summed E-state index contributed by atoms with van der Waals surface area (Å²) < 4.78 is 0. The van der Waals surface area contributed by atoms with Crippen molar-refractivity contribution in [1.82, 2.24) is 0 Å². The van der Waals surface area contributed by atoms with Crippen LogP contribution in [-0.4, -0.2) is 0 Å². The van der Waals surface area contributed by atoms with Crippen molar-refractivity contribution in [3.8, 4) is 0 Å². The fourth-order valence-electron chi connectivity index (χ4n) is 1.41. The van der Waals surface area contributed by atoms with Crippen molar-refractivity contribution in [2.24, 2.45) is 0 Å². The minimum absolute atomic E-state index is 1.03. The molecule has 0 amide bonds. The lowest BCUT2D eigenvalue weighted by atomic mass is 10.1. The molecule has 0 atom stereocenters. The van der Waals surface area contributed by atoms with Crippen molar-refractivity contribution in [1.29, 1.82) is 0 Å². The molecule has 0 N–H and O–H groups in total. The first kappa shape index (κ1) is 11.0. The lowest BCUT2D eigenvalue weighted by Gasteiger charge is -1.94. The first-order chi connectivity index (χ1) is 7.00. The van der Waals surface area contributed by atoms with Gasteiger partial charge in [0.05, 0.1) is 0 Å². The largest absolute Gasteiger partial charge is 0.0882 e. The van der Waals surface area contributed by atoms with Crippen molar-refractivity contribution in [2.75, 3.05) is 0 Å². The number of hydrogen-bond acceptors (Lipinski definition) is 0. The fourth-order valence-corrected chi connectivity index (χ4v) is 1.41. The molecule has 0 aliphatic heterocycles. The van der Waals surface area contributed by atoms with Gasteiger partial charge in [0.15, 0.2) is 0 Å². The Hall–Kier alpha value is -1.04. The molecule has 14 heavy (non-hydrogen) atoms. The molecule has 0 aromatic rings. The number of rotatable bonds is 0. The summed E-state index contributed by atoms with van der Waals surface area (Å²) in [7, 11) is 0. The highest BCUT2D eigenvalue weighted by Crippen LogP contribution is 2.05. The van der Waals surface area contributed by atoms with Crippen LogP contribution >= 0.6 is 0 Å². The van der Waals surface area contributed by atoms with Gasteiger partial charge in [0.25, 0.3) is 0 Å². The SMILES string of the molecule is [C]1=C/C=C\CCCCC/C=C\C\C=C/1. The summed E-state index contributed by atoms with van der Waals surface area (Å²) in [4.78, 5) is 0. The van der Waals surface area contributed by atoms with E-state index in [0.29, 0.717) is 0 Å². The van der Waals surface area contributed by atoms with Gasteiger partial charge in [0.2, 0.25) is 0 Å². The first-order valence-electron chi connectivity index (χ1n) is 5.54. The van der Waals surface area contributed by atoms with Gasteiger partial charge >= 0.3 is 0 Å². The Balaban J connectivity index is 2.36. The molecular formula is C14H19. The van der Waals surface area contributed by atoms with E-state index in [1.165, 1.54) is 32.1 Å². The maximum Gasteiger partial charge on any atom is -0.0166 e. The van der Waals surface area contributed by atoms with Gasteiger partial charge in [-0.05, 0) is 38.2 Å². The normalized spacial score (nSPS) is 28.6. The van der Waals surface area contributed by atoms with Crippen LogP contribution in [-0.2, 0) is 0 Å². The molecule has 1 radical (unpaired) electrons. The molecule has 1 aliphatic rings. The first-order valence-corrected chi connectivity index (χ1v) is 5.54. The van der Waals surface area contributed by atoms with Crippen molar-refractivity contribution in [3.63, 3.8) is 0 Å². The molecule has 0 saturated carbocycles. The van der Waals surface area contributed by atoms with Gasteiger partial charge in [0, 0.05) is 0 Å². The van der Waals surface area contributed by atoms with Crippen LogP contribution in [0.2, 0.25) is 0 Å². The summed E-state index contributed by atoms with van der Waals surface area (Å²) in [6.45, 7) is 0. The zero-order chi connectivity index (χ0) is 9.90. The van der Waals surface area contributed by atoms with E-state index in [2.05, 4.69) is 36.5 Å². The molecule has 0 aromatic carbocycles. The Kier molecular flexibility index (Phi) is 6.74. The van der Waals surface area contributed by atoms with E-state index in [9.17, 15) is 0 Å². The van der Waals surface area contributed by atoms with E-state index in [1.54, 1.807) is 0 Å². The molecule has 0 heteroatoms. The molecule has 0 bridgehead atoms. The molecule has 0 heterocycles. The van der Waals surface area contributed by atoms with Crippen molar-refractivity contribution in [3.05, 3.63) is 48.6 Å². The van der Waals surface area contributed by atoms with E-state index >= 15 is 0 Å². The minimum atomic E-state index is 1.03. The van der Waals surface area contributed by atoms with Gasteiger partial charge in [-0.2, -0.15) is 0 Å². The molecule has 0 fully saturated rings. The van der Waals surface area contributed by atoms with Crippen LogP contribution in [0, 0.1) is 6.08 Å². The summed E-state index contributed by atoms with van der Waals surface area (Å²) in [6, 6.07) is 0. The lowest BCUT2D eigenvalue weighted by Crippen LogP contribution is -1.75. The smallest absolute Gasteiger partial charge is 0.0166 e. The summed E-state index contributed by atoms with van der Waals surface area (Å²) >= 11 is 0. The second-order valence-electron chi connectivity index (χ2n) is 3.51.